The second-order valence-corrected chi connectivity index (χ2v) is 10.8. The van der Waals surface area contributed by atoms with Crippen molar-refractivity contribution in [1.29, 1.82) is 0 Å². The first kappa shape index (κ1) is 24.3. The zero-order valence-corrected chi connectivity index (χ0v) is 20.2. The monoisotopic (exact) mass is 485 g/mol. The van der Waals surface area contributed by atoms with Crippen LogP contribution in [0.4, 0.5) is 8.78 Å². The third-order valence-electron chi connectivity index (χ3n) is 5.65. The molecule has 6 heteroatoms. The molecule has 3 aromatic rings. The van der Waals surface area contributed by atoms with E-state index in [0.29, 0.717) is 11.2 Å². The molecule has 0 spiro atoms. The topological polar surface area (TPSA) is 12.5 Å². The van der Waals surface area contributed by atoms with E-state index < -0.39 is 0 Å². The lowest BCUT2D eigenvalue weighted by atomic mass is 10.0. The van der Waals surface area contributed by atoms with E-state index in [0.717, 1.165) is 42.3 Å². The molecule has 0 aliphatic carbocycles. The quantitative estimate of drug-likeness (QED) is 0.303. The van der Waals surface area contributed by atoms with Crippen molar-refractivity contribution in [2.75, 3.05) is 24.9 Å². The Balaban J connectivity index is 1.22. The Bertz CT molecular complexity index is 916. The highest BCUT2D eigenvalue weighted by molar-refractivity contribution is 8.17. The van der Waals surface area contributed by atoms with Crippen LogP contribution in [-0.4, -0.2) is 34.4 Å². The minimum absolute atomic E-state index is 0.278. The summed E-state index contributed by atoms with van der Waals surface area (Å²) in [6.07, 6.45) is 2.90. The lowest BCUT2D eigenvalue weighted by Gasteiger charge is -2.31. The largest absolute Gasteiger partial charge is 0.369 e. The molecular formula is C27H29F2NOS2. The second kappa shape index (κ2) is 12.6. The van der Waals surface area contributed by atoms with E-state index in [4.69, 9.17) is 4.74 Å². The zero-order valence-electron chi connectivity index (χ0n) is 18.5. The Morgan fingerprint density at radius 2 is 1.39 bits per heavy atom. The fourth-order valence-corrected chi connectivity index (χ4v) is 6.44. The van der Waals surface area contributed by atoms with Gasteiger partial charge in [0.15, 0.2) is 0 Å². The molecule has 33 heavy (non-hydrogen) atoms. The summed E-state index contributed by atoms with van der Waals surface area (Å²) in [6, 6.07) is 23.4. The molecule has 1 aliphatic rings. The number of thioether (sulfide) groups is 2. The van der Waals surface area contributed by atoms with Crippen molar-refractivity contribution in [3.05, 3.63) is 107 Å². The van der Waals surface area contributed by atoms with Gasteiger partial charge in [-0.25, -0.2) is 8.78 Å². The number of aryl methyl sites for hydroxylation is 1. The zero-order chi connectivity index (χ0) is 22.9. The number of hydrogen-bond donors (Lipinski definition) is 0. The molecule has 0 saturated carbocycles. The van der Waals surface area contributed by atoms with E-state index in [1.54, 1.807) is 24.3 Å². The Labute approximate surface area is 203 Å². The van der Waals surface area contributed by atoms with Gasteiger partial charge in [0.2, 0.25) is 0 Å². The minimum atomic E-state index is -0.334. The van der Waals surface area contributed by atoms with Gasteiger partial charge in [-0.3, -0.25) is 4.90 Å². The smallest absolute Gasteiger partial charge is 0.123 e. The second-order valence-electron chi connectivity index (χ2n) is 8.15. The van der Waals surface area contributed by atoms with Gasteiger partial charge in [0, 0.05) is 24.9 Å². The van der Waals surface area contributed by atoms with E-state index in [1.165, 1.54) is 36.2 Å². The predicted molar refractivity (Wildman–Crippen MR) is 135 cm³/mol. The Kier molecular flexibility index (Phi) is 9.24. The molecule has 0 aromatic heterocycles. The van der Waals surface area contributed by atoms with E-state index in [1.807, 2.05) is 23.5 Å². The average Bonchev–Trinajstić information content (AvgIpc) is 2.85. The van der Waals surface area contributed by atoms with Crippen LogP contribution in [0.2, 0.25) is 0 Å². The molecule has 1 saturated heterocycles. The third kappa shape index (κ3) is 7.57. The van der Waals surface area contributed by atoms with Crippen LogP contribution in [0.15, 0.2) is 78.9 Å². The van der Waals surface area contributed by atoms with Crippen LogP contribution < -0.4 is 0 Å². The number of benzene rings is 3. The molecule has 0 radical (unpaired) electrons. The van der Waals surface area contributed by atoms with E-state index >= 15 is 0 Å². The molecule has 0 bridgehead atoms. The van der Waals surface area contributed by atoms with Gasteiger partial charge >= 0.3 is 0 Å². The number of ether oxygens (including phenoxy) is 1. The van der Waals surface area contributed by atoms with Crippen molar-refractivity contribution in [2.45, 2.75) is 29.9 Å². The molecule has 1 fully saturated rings. The van der Waals surface area contributed by atoms with Crippen molar-refractivity contribution in [1.82, 2.24) is 4.90 Å². The normalized spacial score (nSPS) is 15.2. The van der Waals surface area contributed by atoms with Gasteiger partial charge in [-0.15, -0.1) is 23.5 Å². The summed E-state index contributed by atoms with van der Waals surface area (Å²) in [6.45, 7) is 1.72. The Morgan fingerprint density at radius 3 is 1.97 bits per heavy atom. The van der Waals surface area contributed by atoms with Gasteiger partial charge in [0.25, 0.3) is 0 Å². The van der Waals surface area contributed by atoms with Crippen LogP contribution in [0.3, 0.4) is 0 Å². The van der Waals surface area contributed by atoms with Crippen LogP contribution in [0.1, 0.15) is 35.6 Å². The first-order valence-corrected chi connectivity index (χ1v) is 13.4. The first-order valence-electron chi connectivity index (χ1n) is 11.3. The molecule has 1 heterocycles. The average molecular weight is 486 g/mol. The maximum Gasteiger partial charge on any atom is 0.123 e. The molecule has 174 valence electrons. The highest BCUT2D eigenvalue weighted by atomic mass is 32.2. The summed E-state index contributed by atoms with van der Waals surface area (Å²) in [5, 5.41) is 0. The number of nitrogens with zero attached hydrogens (tertiary/aromatic N) is 1. The fraction of sp³-hybridized carbons (Fsp3) is 0.333. The number of halogens is 2. The minimum Gasteiger partial charge on any atom is -0.369 e. The van der Waals surface area contributed by atoms with Gasteiger partial charge in [0.05, 0.1) is 4.58 Å². The molecule has 1 aliphatic heterocycles. The van der Waals surface area contributed by atoms with Gasteiger partial charge in [-0.1, -0.05) is 54.6 Å². The van der Waals surface area contributed by atoms with Gasteiger partial charge in [0.1, 0.15) is 17.7 Å². The summed E-state index contributed by atoms with van der Waals surface area (Å²) in [5.74, 6) is 1.54. The molecule has 0 N–H and O–H groups in total. The molecule has 0 amide bonds. The summed E-state index contributed by atoms with van der Waals surface area (Å²) in [4.78, 5) is 2.51. The summed E-state index contributed by atoms with van der Waals surface area (Å²) < 4.78 is 33.5. The van der Waals surface area contributed by atoms with Crippen molar-refractivity contribution in [3.63, 3.8) is 0 Å². The third-order valence-corrected chi connectivity index (χ3v) is 8.71. The maximum absolute atomic E-state index is 13.4. The first-order chi connectivity index (χ1) is 16.2. The number of rotatable bonds is 10. The maximum atomic E-state index is 13.4. The van der Waals surface area contributed by atoms with Crippen molar-refractivity contribution in [2.24, 2.45) is 0 Å². The van der Waals surface area contributed by atoms with Crippen LogP contribution in [0.25, 0.3) is 0 Å². The summed E-state index contributed by atoms with van der Waals surface area (Å²) in [7, 11) is 0. The lowest BCUT2D eigenvalue weighted by molar-refractivity contribution is 0.0801. The van der Waals surface area contributed by atoms with E-state index in [2.05, 4.69) is 35.2 Å². The molecular weight excluding hydrogens is 456 g/mol. The van der Waals surface area contributed by atoms with Crippen molar-refractivity contribution < 1.29 is 13.5 Å². The lowest BCUT2D eigenvalue weighted by Crippen LogP contribution is -2.30. The van der Waals surface area contributed by atoms with Crippen molar-refractivity contribution >= 4 is 23.5 Å². The van der Waals surface area contributed by atoms with Crippen molar-refractivity contribution in [3.8, 4) is 0 Å². The van der Waals surface area contributed by atoms with Gasteiger partial charge in [-0.05, 0) is 60.2 Å². The fourth-order valence-electron chi connectivity index (χ4n) is 3.85. The van der Waals surface area contributed by atoms with Crippen LogP contribution in [0.5, 0.6) is 0 Å². The number of hydrogen-bond acceptors (Lipinski definition) is 4. The highest BCUT2D eigenvalue weighted by Crippen LogP contribution is 2.34. The summed E-state index contributed by atoms with van der Waals surface area (Å²) in [5.41, 5.74) is 3.15. The predicted octanol–water partition coefficient (Wildman–Crippen LogP) is 7.12. The standard InChI is InChI=1S/C27H29F2NOS2/c28-24-12-8-22(9-13-24)27(23-10-14-25(29)15-11-23)31-18-16-26-32-19-30(20-33-26)17-4-7-21-5-2-1-3-6-21/h1-3,5-6,8-15,26-27H,4,7,16-20H2. The molecule has 2 nitrogen and oxygen atoms in total. The van der Waals surface area contributed by atoms with Crippen LogP contribution in [0, 0.1) is 11.6 Å². The Morgan fingerprint density at radius 1 is 0.818 bits per heavy atom. The van der Waals surface area contributed by atoms with E-state index in [9.17, 15) is 8.78 Å². The molecule has 0 atom stereocenters. The van der Waals surface area contributed by atoms with Crippen LogP contribution >= 0.6 is 23.5 Å². The van der Waals surface area contributed by atoms with Gasteiger partial charge in [-0.2, -0.15) is 0 Å². The summed E-state index contributed by atoms with van der Waals surface area (Å²) >= 11 is 3.95. The molecule has 0 unspecified atom stereocenters. The molecule has 4 rings (SSSR count). The van der Waals surface area contributed by atoms with Crippen LogP contribution in [-0.2, 0) is 11.2 Å². The SMILES string of the molecule is Fc1ccc(C(OCCC2SCN(CCCc3ccccc3)CS2)c2ccc(F)cc2)cc1. The van der Waals surface area contributed by atoms with E-state index in [-0.39, 0.29) is 17.7 Å². The molecule has 3 aromatic carbocycles. The van der Waals surface area contributed by atoms with Gasteiger partial charge < -0.3 is 4.74 Å². The Hall–Kier alpha value is -1.86. The highest BCUT2D eigenvalue weighted by Gasteiger charge is 2.21.